The summed E-state index contributed by atoms with van der Waals surface area (Å²) in [5.41, 5.74) is 2.21. The van der Waals surface area contributed by atoms with Crippen LogP contribution in [-0.4, -0.2) is 24.7 Å². The summed E-state index contributed by atoms with van der Waals surface area (Å²) in [6.07, 6.45) is 0.202. The molecule has 1 amide bonds. The van der Waals surface area contributed by atoms with Crippen LogP contribution in [0.1, 0.15) is 36.6 Å². The highest BCUT2D eigenvalue weighted by Gasteiger charge is 2.33. The van der Waals surface area contributed by atoms with E-state index in [9.17, 15) is 9.90 Å². The van der Waals surface area contributed by atoms with Gasteiger partial charge < -0.3 is 15.2 Å². The van der Waals surface area contributed by atoms with Gasteiger partial charge in [0.25, 0.3) is 0 Å². The number of ether oxygens (including phenoxy) is 1. The molecule has 4 nitrogen and oxygen atoms in total. The van der Waals surface area contributed by atoms with Gasteiger partial charge in [-0.3, -0.25) is 4.79 Å². The molecule has 1 aliphatic rings. The van der Waals surface area contributed by atoms with Gasteiger partial charge in [0.1, 0.15) is 5.75 Å². The van der Waals surface area contributed by atoms with Crippen molar-refractivity contribution in [2.75, 3.05) is 13.7 Å². The highest BCUT2D eigenvalue weighted by molar-refractivity contribution is 5.87. The number of likely N-dealkylation sites (N-methyl/N-ethyl adjacent to an activating group) is 1. The van der Waals surface area contributed by atoms with Gasteiger partial charge >= 0.3 is 0 Å². The highest BCUT2D eigenvalue weighted by Crippen LogP contribution is 2.39. The van der Waals surface area contributed by atoms with E-state index in [1.165, 1.54) is 5.56 Å². The summed E-state index contributed by atoms with van der Waals surface area (Å²) in [6.45, 7) is 4.23. The Morgan fingerprint density at radius 2 is 1.96 bits per heavy atom. The third kappa shape index (κ3) is 3.40. The zero-order valence-electron chi connectivity index (χ0n) is 15.0. The van der Waals surface area contributed by atoms with Gasteiger partial charge in [-0.2, -0.15) is 0 Å². The van der Waals surface area contributed by atoms with E-state index in [0.717, 1.165) is 17.5 Å². The van der Waals surface area contributed by atoms with Crippen LogP contribution in [0.15, 0.2) is 48.5 Å². The predicted molar refractivity (Wildman–Crippen MR) is 97.6 cm³/mol. The first-order chi connectivity index (χ1) is 11.9. The molecule has 2 atom stereocenters. The van der Waals surface area contributed by atoms with E-state index in [-0.39, 0.29) is 11.8 Å². The molecule has 4 heteroatoms. The third-order valence-electron chi connectivity index (χ3n) is 5.09. The molecule has 0 saturated heterocycles. The number of amides is 1. The van der Waals surface area contributed by atoms with Crippen LogP contribution in [0.25, 0.3) is 0 Å². The number of hydrogen-bond acceptors (Lipinski definition) is 3. The zero-order valence-corrected chi connectivity index (χ0v) is 15.0. The number of hydrogen-bond donors (Lipinski definition) is 2. The van der Waals surface area contributed by atoms with Gasteiger partial charge in [0.2, 0.25) is 5.91 Å². The lowest BCUT2D eigenvalue weighted by atomic mass is 9.81. The third-order valence-corrected chi connectivity index (χ3v) is 5.09. The molecule has 0 radical (unpaired) electrons. The summed E-state index contributed by atoms with van der Waals surface area (Å²) < 4.78 is 5.94. The zero-order chi connectivity index (χ0) is 18.0. The summed E-state index contributed by atoms with van der Waals surface area (Å²) in [6, 6.07) is 15.8. The monoisotopic (exact) mass is 339 g/mol. The Labute approximate surface area is 148 Å². The van der Waals surface area contributed by atoms with Crippen molar-refractivity contribution in [1.82, 2.24) is 5.32 Å². The Bertz CT molecular complexity index is 755. The van der Waals surface area contributed by atoms with Gasteiger partial charge in [-0.25, -0.2) is 0 Å². The second-order valence-electron chi connectivity index (χ2n) is 7.16. The molecule has 2 N–H and O–H groups in total. The van der Waals surface area contributed by atoms with Crippen LogP contribution in [-0.2, 0) is 16.6 Å². The van der Waals surface area contributed by atoms with Crippen molar-refractivity contribution >= 4 is 5.91 Å². The number of benzene rings is 2. The maximum Gasteiger partial charge on any atom is 0.229 e. The fourth-order valence-electron chi connectivity index (χ4n) is 3.37. The van der Waals surface area contributed by atoms with E-state index in [0.29, 0.717) is 12.4 Å². The molecule has 0 bridgehead atoms. The van der Waals surface area contributed by atoms with Gasteiger partial charge in [0.15, 0.2) is 0 Å². The Kier molecular flexibility index (Phi) is 4.82. The summed E-state index contributed by atoms with van der Waals surface area (Å²) in [7, 11) is 1.64. The van der Waals surface area contributed by atoms with Crippen molar-refractivity contribution in [1.29, 1.82) is 0 Å². The van der Waals surface area contributed by atoms with Crippen molar-refractivity contribution in [2.24, 2.45) is 5.92 Å². The average Bonchev–Trinajstić information content (AvgIpc) is 2.64. The van der Waals surface area contributed by atoms with E-state index in [4.69, 9.17) is 4.74 Å². The lowest BCUT2D eigenvalue weighted by molar-refractivity contribution is -0.125. The van der Waals surface area contributed by atoms with Crippen LogP contribution in [0.2, 0.25) is 0 Å². The SMILES string of the molecule is CNC(=O)C(C)(C)c1ccc2c(c1)OC[C@H](Cc1ccccc1)[C@H]2O. The minimum atomic E-state index is -0.654. The van der Waals surface area contributed by atoms with Crippen molar-refractivity contribution < 1.29 is 14.6 Å². The van der Waals surface area contributed by atoms with Gasteiger partial charge in [-0.15, -0.1) is 0 Å². The molecule has 2 aromatic rings. The molecule has 0 saturated carbocycles. The fraction of sp³-hybridized carbons (Fsp3) is 0.381. The largest absolute Gasteiger partial charge is 0.493 e. The number of rotatable bonds is 4. The number of aliphatic hydroxyl groups is 1. The molecule has 25 heavy (non-hydrogen) atoms. The Morgan fingerprint density at radius 1 is 1.24 bits per heavy atom. The normalized spacial score (nSPS) is 19.7. The average molecular weight is 339 g/mol. The van der Waals surface area contributed by atoms with E-state index < -0.39 is 11.5 Å². The molecule has 2 aromatic carbocycles. The highest BCUT2D eigenvalue weighted by atomic mass is 16.5. The van der Waals surface area contributed by atoms with Crippen LogP contribution in [0, 0.1) is 5.92 Å². The maximum atomic E-state index is 12.1. The van der Waals surface area contributed by atoms with Gasteiger partial charge in [-0.05, 0) is 37.5 Å². The molecular weight excluding hydrogens is 314 g/mol. The second kappa shape index (κ2) is 6.89. The lowest BCUT2D eigenvalue weighted by Gasteiger charge is -2.32. The molecular formula is C21H25NO3. The van der Waals surface area contributed by atoms with Crippen molar-refractivity contribution in [3.63, 3.8) is 0 Å². The van der Waals surface area contributed by atoms with E-state index in [2.05, 4.69) is 17.4 Å². The standard InChI is InChI=1S/C21H25NO3/c1-21(2,20(24)22-3)16-9-10-17-18(12-16)25-13-15(19(17)23)11-14-7-5-4-6-8-14/h4-10,12,15,19,23H,11,13H2,1-3H3,(H,22,24)/t15-,19+/m0/s1. The molecule has 1 aliphatic heterocycles. The minimum absolute atomic E-state index is 0.0210. The van der Waals surface area contributed by atoms with Crippen molar-refractivity contribution in [3.05, 3.63) is 65.2 Å². The molecule has 3 rings (SSSR count). The molecule has 0 unspecified atom stereocenters. The second-order valence-corrected chi connectivity index (χ2v) is 7.16. The first-order valence-corrected chi connectivity index (χ1v) is 8.65. The molecule has 0 aliphatic carbocycles. The number of nitrogens with one attached hydrogen (secondary N) is 1. The van der Waals surface area contributed by atoms with Crippen molar-refractivity contribution in [3.8, 4) is 5.75 Å². The fourth-order valence-corrected chi connectivity index (χ4v) is 3.37. The summed E-state index contributed by atoms with van der Waals surface area (Å²) in [5, 5.41) is 13.5. The molecule has 0 fully saturated rings. The smallest absolute Gasteiger partial charge is 0.229 e. The quantitative estimate of drug-likeness (QED) is 0.900. The Hall–Kier alpha value is -2.33. The summed E-state index contributed by atoms with van der Waals surface area (Å²) >= 11 is 0. The lowest BCUT2D eigenvalue weighted by Crippen LogP contribution is -2.38. The number of fused-ring (bicyclic) bond motifs is 1. The minimum Gasteiger partial charge on any atom is -0.493 e. The molecule has 0 spiro atoms. The van der Waals surface area contributed by atoms with Crippen LogP contribution < -0.4 is 10.1 Å². The van der Waals surface area contributed by atoms with Crippen LogP contribution in [0.4, 0.5) is 0 Å². The number of aliphatic hydroxyl groups excluding tert-OH is 1. The van der Waals surface area contributed by atoms with E-state index in [1.54, 1.807) is 7.05 Å². The van der Waals surface area contributed by atoms with E-state index >= 15 is 0 Å². The van der Waals surface area contributed by atoms with Crippen LogP contribution in [0.3, 0.4) is 0 Å². The topological polar surface area (TPSA) is 58.6 Å². The predicted octanol–water partition coefficient (Wildman–Crippen LogP) is 2.99. The first-order valence-electron chi connectivity index (χ1n) is 8.65. The summed E-state index contributed by atoms with van der Waals surface area (Å²) in [4.78, 5) is 12.1. The summed E-state index contributed by atoms with van der Waals surface area (Å²) in [5.74, 6) is 0.643. The number of carbonyl (C=O) groups is 1. The van der Waals surface area contributed by atoms with Gasteiger partial charge in [0, 0.05) is 18.5 Å². The Morgan fingerprint density at radius 3 is 2.64 bits per heavy atom. The molecule has 0 aromatic heterocycles. The Balaban J connectivity index is 1.83. The first kappa shape index (κ1) is 17.5. The molecule has 132 valence electrons. The maximum absolute atomic E-state index is 12.1. The van der Waals surface area contributed by atoms with Crippen molar-refractivity contribution in [2.45, 2.75) is 31.8 Å². The van der Waals surface area contributed by atoms with Crippen LogP contribution in [0.5, 0.6) is 5.75 Å². The number of carbonyl (C=O) groups excluding carboxylic acids is 1. The van der Waals surface area contributed by atoms with E-state index in [1.807, 2.05) is 50.2 Å². The molecule has 1 heterocycles. The van der Waals surface area contributed by atoms with Gasteiger partial charge in [0.05, 0.1) is 18.1 Å². The van der Waals surface area contributed by atoms with Crippen LogP contribution >= 0.6 is 0 Å². The van der Waals surface area contributed by atoms with Gasteiger partial charge in [-0.1, -0.05) is 42.5 Å².